The number of hydrogen-bond donors (Lipinski definition) is 1. The number of anilines is 2. The van der Waals surface area contributed by atoms with Gasteiger partial charge in [-0.1, -0.05) is 29.2 Å². The second kappa shape index (κ2) is 9.63. The van der Waals surface area contributed by atoms with Crippen molar-refractivity contribution in [3.05, 3.63) is 59.8 Å². The highest BCUT2D eigenvalue weighted by Gasteiger charge is 2.36. The molecule has 34 heavy (non-hydrogen) atoms. The molecule has 0 aliphatic carbocycles. The molecule has 2 atom stereocenters. The molecule has 3 aromatic rings. The Balaban J connectivity index is 1.79. The zero-order chi connectivity index (χ0) is 24.5. The molecule has 1 fully saturated rings. The molecule has 7 nitrogen and oxygen atoms in total. The van der Waals surface area contributed by atoms with Gasteiger partial charge in [-0.05, 0) is 36.2 Å². The first kappa shape index (κ1) is 24.0. The molecule has 3 heterocycles. The number of carbonyl (C=O) groups is 1. The molecule has 4 rings (SSSR count). The van der Waals surface area contributed by atoms with Crippen molar-refractivity contribution in [3.8, 4) is 16.9 Å². The number of benzene rings is 1. The lowest BCUT2D eigenvalue weighted by Crippen LogP contribution is -2.26. The van der Waals surface area contributed by atoms with Gasteiger partial charge in [0.2, 0.25) is 0 Å². The number of rotatable bonds is 6. The lowest BCUT2D eigenvalue weighted by molar-refractivity contribution is 0.102. The molecule has 0 bridgehead atoms. The Morgan fingerprint density at radius 2 is 1.94 bits per heavy atom. The number of pyridine rings is 1. The van der Waals surface area contributed by atoms with Gasteiger partial charge in [-0.25, -0.2) is 19.3 Å². The molecular formula is C25H29FN5O2P. The maximum atomic E-state index is 14.7. The van der Waals surface area contributed by atoms with Gasteiger partial charge in [0, 0.05) is 43.0 Å². The molecule has 0 spiro atoms. The summed E-state index contributed by atoms with van der Waals surface area (Å²) in [7, 11) is 3.89. The van der Waals surface area contributed by atoms with Gasteiger partial charge in [-0.3, -0.25) is 4.79 Å². The Morgan fingerprint density at radius 1 is 1.21 bits per heavy atom. The van der Waals surface area contributed by atoms with Crippen molar-refractivity contribution in [2.45, 2.75) is 38.5 Å². The fraction of sp³-hybridized carbons (Fsp3) is 0.360. The summed E-state index contributed by atoms with van der Waals surface area (Å²) in [5.41, 5.74) is 3.51. The molecule has 178 valence electrons. The van der Waals surface area contributed by atoms with Crippen LogP contribution in [-0.2, 0) is 0 Å². The maximum absolute atomic E-state index is 14.7. The van der Waals surface area contributed by atoms with E-state index >= 15 is 0 Å². The van der Waals surface area contributed by atoms with E-state index in [-0.39, 0.29) is 18.4 Å². The number of carbonyl (C=O) groups excluding carboxylic acids is 1. The van der Waals surface area contributed by atoms with Crippen LogP contribution >= 0.6 is 9.24 Å². The van der Waals surface area contributed by atoms with Crippen LogP contribution in [0.15, 0.2) is 42.9 Å². The van der Waals surface area contributed by atoms with E-state index in [0.717, 1.165) is 16.7 Å². The zero-order valence-electron chi connectivity index (χ0n) is 19.8. The molecule has 1 aromatic carbocycles. The maximum Gasteiger partial charge on any atom is 0.258 e. The molecule has 2 aromatic heterocycles. The van der Waals surface area contributed by atoms with Gasteiger partial charge in [-0.2, -0.15) is 0 Å². The lowest BCUT2D eigenvalue weighted by Gasteiger charge is -2.24. The number of halogens is 1. The van der Waals surface area contributed by atoms with Gasteiger partial charge in [0.05, 0.1) is 24.9 Å². The molecule has 1 amide bonds. The predicted octanol–water partition coefficient (Wildman–Crippen LogP) is 4.98. The smallest absolute Gasteiger partial charge is 0.258 e. The fourth-order valence-corrected chi connectivity index (χ4v) is 4.32. The molecule has 0 saturated carbocycles. The van der Waals surface area contributed by atoms with Crippen LogP contribution in [0.1, 0.15) is 47.9 Å². The summed E-state index contributed by atoms with van der Waals surface area (Å²) in [6.45, 7) is 6.63. The van der Waals surface area contributed by atoms with Crippen LogP contribution in [-0.4, -0.2) is 46.5 Å². The molecule has 9 heteroatoms. The lowest BCUT2D eigenvalue weighted by atomic mass is 9.99. The number of nitrogens with zero attached hydrogens (tertiary/aromatic N) is 4. The van der Waals surface area contributed by atoms with Crippen LogP contribution in [0.3, 0.4) is 0 Å². The largest absolute Gasteiger partial charge is 0.497 e. The third kappa shape index (κ3) is 5.02. The van der Waals surface area contributed by atoms with Gasteiger partial charge in [-0.15, -0.1) is 0 Å². The van der Waals surface area contributed by atoms with Gasteiger partial charge >= 0.3 is 0 Å². The zero-order valence-corrected chi connectivity index (χ0v) is 21.0. The monoisotopic (exact) mass is 481 g/mol. The second-order valence-corrected chi connectivity index (χ2v) is 9.92. The summed E-state index contributed by atoms with van der Waals surface area (Å²) in [6, 6.07) is 7.62. The summed E-state index contributed by atoms with van der Waals surface area (Å²) < 4.78 is 20.1. The Bertz CT molecular complexity index is 1200. The minimum Gasteiger partial charge on any atom is -0.497 e. The Morgan fingerprint density at radius 3 is 2.56 bits per heavy atom. The predicted molar refractivity (Wildman–Crippen MR) is 135 cm³/mol. The average molecular weight is 482 g/mol. The van der Waals surface area contributed by atoms with Crippen molar-refractivity contribution in [1.29, 1.82) is 0 Å². The third-order valence-corrected chi connectivity index (χ3v) is 6.38. The first-order valence-electron chi connectivity index (χ1n) is 11.2. The van der Waals surface area contributed by atoms with Crippen molar-refractivity contribution in [2.24, 2.45) is 0 Å². The van der Waals surface area contributed by atoms with Crippen LogP contribution in [0.25, 0.3) is 11.1 Å². The number of nitrogens with one attached hydrogen (secondary N) is 1. The van der Waals surface area contributed by atoms with E-state index in [1.54, 1.807) is 13.3 Å². The molecular weight excluding hydrogens is 452 g/mol. The van der Waals surface area contributed by atoms with Crippen molar-refractivity contribution in [1.82, 2.24) is 15.0 Å². The standard InChI is InChI=1S/C25H29FN5O2P/c1-15(2)22-28-12-17(13-29-22)24(32)30-21-19(20-11-18(33-4)6-5-16(20)3)7-9-27-23(21)31-10-8-25(26,34)14-31/h5-7,9,11-13,15H,8,10,14,34H2,1-4H3,(H,30,32). The summed E-state index contributed by atoms with van der Waals surface area (Å²) in [5, 5.41) is 1.62. The molecule has 0 radical (unpaired) electrons. The van der Waals surface area contributed by atoms with E-state index in [1.807, 2.05) is 49.9 Å². The van der Waals surface area contributed by atoms with Crippen LogP contribution in [0.5, 0.6) is 5.75 Å². The van der Waals surface area contributed by atoms with Crippen LogP contribution in [0.4, 0.5) is 15.9 Å². The first-order valence-corrected chi connectivity index (χ1v) is 11.8. The van der Waals surface area contributed by atoms with E-state index in [0.29, 0.717) is 41.6 Å². The Labute approximate surface area is 201 Å². The summed E-state index contributed by atoms with van der Waals surface area (Å²) in [4.78, 5) is 28.3. The number of aryl methyl sites for hydroxylation is 1. The molecule has 1 aliphatic heterocycles. The van der Waals surface area contributed by atoms with E-state index in [1.165, 1.54) is 12.4 Å². The van der Waals surface area contributed by atoms with Crippen molar-refractivity contribution >= 4 is 26.7 Å². The van der Waals surface area contributed by atoms with Crippen molar-refractivity contribution in [3.63, 3.8) is 0 Å². The van der Waals surface area contributed by atoms with Crippen LogP contribution in [0, 0.1) is 6.92 Å². The first-order chi connectivity index (χ1) is 16.2. The number of hydrogen-bond acceptors (Lipinski definition) is 6. The quantitative estimate of drug-likeness (QED) is 0.500. The number of amides is 1. The van der Waals surface area contributed by atoms with E-state index in [9.17, 15) is 9.18 Å². The number of ether oxygens (including phenoxy) is 1. The van der Waals surface area contributed by atoms with Gasteiger partial charge in [0.25, 0.3) is 5.91 Å². The normalized spacial score (nSPS) is 17.8. The van der Waals surface area contributed by atoms with Crippen molar-refractivity contribution in [2.75, 3.05) is 30.4 Å². The molecule has 1 saturated heterocycles. The minimum absolute atomic E-state index is 0.160. The van der Waals surface area contributed by atoms with E-state index in [2.05, 4.69) is 29.5 Å². The van der Waals surface area contributed by atoms with E-state index in [4.69, 9.17) is 4.74 Å². The highest BCUT2D eigenvalue weighted by atomic mass is 31.0. The molecule has 1 aliphatic rings. The fourth-order valence-electron chi connectivity index (χ4n) is 3.97. The third-order valence-electron chi connectivity index (χ3n) is 5.91. The Kier molecular flexibility index (Phi) is 6.80. The molecule has 1 N–H and O–H groups in total. The highest BCUT2D eigenvalue weighted by molar-refractivity contribution is 7.18. The Hall–Kier alpha value is -3.12. The second-order valence-electron chi connectivity index (χ2n) is 8.88. The minimum atomic E-state index is -1.40. The van der Waals surface area contributed by atoms with Crippen LogP contribution in [0.2, 0.25) is 0 Å². The summed E-state index contributed by atoms with van der Waals surface area (Å²) in [5.74, 6) is 1.69. The highest BCUT2D eigenvalue weighted by Crippen LogP contribution is 2.41. The number of methoxy groups -OCH3 is 1. The number of alkyl halides is 1. The van der Waals surface area contributed by atoms with Crippen LogP contribution < -0.4 is 15.0 Å². The summed E-state index contributed by atoms with van der Waals surface area (Å²) >= 11 is 0. The van der Waals surface area contributed by atoms with E-state index < -0.39 is 5.41 Å². The molecule has 2 unspecified atom stereocenters. The number of aromatic nitrogens is 3. The van der Waals surface area contributed by atoms with Gasteiger partial charge in [0.1, 0.15) is 17.0 Å². The SMILES string of the molecule is COc1ccc(C)c(-c2ccnc(N3CCC(F)(P)C3)c2NC(=O)c2cnc(C(C)C)nc2)c1. The average Bonchev–Trinajstić information content (AvgIpc) is 3.19. The van der Waals surface area contributed by atoms with Crippen molar-refractivity contribution < 1.29 is 13.9 Å². The van der Waals surface area contributed by atoms with Gasteiger partial charge < -0.3 is 15.0 Å². The van der Waals surface area contributed by atoms with Gasteiger partial charge in [0.15, 0.2) is 5.82 Å². The topological polar surface area (TPSA) is 80.2 Å². The summed E-state index contributed by atoms with van der Waals surface area (Å²) in [6.07, 6.45) is 5.09.